The third-order valence-electron chi connectivity index (χ3n) is 2.19. The van der Waals surface area contributed by atoms with Crippen LogP contribution in [0.1, 0.15) is 19.4 Å². The van der Waals surface area contributed by atoms with Crippen LogP contribution in [0.5, 0.6) is 0 Å². The smallest absolute Gasteiger partial charge is 0.132 e. The van der Waals surface area contributed by atoms with Gasteiger partial charge in [-0.25, -0.2) is 13.2 Å². The molecule has 0 aliphatic heterocycles. The van der Waals surface area contributed by atoms with Gasteiger partial charge in [-0.2, -0.15) is 0 Å². The molecular weight excluding hydrogens is 191 g/mol. The van der Waals surface area contributed by atoms with Crippen LogP contribution in [0.4, 0.5) is 13.2 Å². The summed E-state index contributed by atoms with van der Waals surface area (Å²) in [5.74, 6) is -2.70. The molecule has 0 atom stereocenters. The molecule has 14 heavy (non-hydrogen) atoms. The Balaban J connectivity index is 3.35. The van der Waals surface area contributed by atoms with Crippen molar-refractivity contribution in [3.8, 4) is 0 Å². The Morgan fingerprint density at radius 1 is 1.14 bits per heavy atom. The van der Waals surface area contributed by atoms with Crippen LogP contribution in [0.2, 0.25) is 0 Å². The molecule has 0 bridgehead atoms. The Bertz CT molecular complexity index is 324. The molecule has 0 fully saturated rings. The average Bonchev–Trinajstić information content (AvgIpc) is 2.01. The van der Waals surface area contributed by atoms with Crippen LogP contribution in [-0.4, -0.2) is 6.54 Å². The fourth-order valence-electron chi connectivity index (χ4n) is 1.29. The second kappa shape index (κ2) is 3.61. The van der Waals surface area contributed by atoms with Crippen molar-refractivity contribution in [3.63, 3.8) is 0 Å². The summed E-state index contributed by atoms with van der Waals surface area (Å²) in [7, 11) is 0. The van der Waals surface area contributed by atoms with Gasteiger partial charge in [-0.05, 0) is 0 Å². The van der Waals surface area contributed by atoms with Crippen molar-refractivity contribution >= 4 is 0 Å². The fraction of sp³-hybridized carbons (Fsp3) is 0.400. The Morgan fingerprint density at radius 2 is 1.57 bits per heavy atom. The zero-order valence-corrected chi connectivity index (χ0v) is 8.07. The second-order valence-corrected chi connectivity index (χ2v) is 3.83. The minimum Gasteiger partial charge on any atom is -0.330 e. The highest BCUT2D eigenvalue weighted by molar-refractivity contribution is 5.28. The highest BCUT2D eigenvalue weighted by Crippen LogP contribution is 2.27. The lowest BCUT2D eigenvalue weighted by Crippen LogP contribution is -2.30. The zero-order valence-electron chi connectivity index (χ0n) is 8.07. The van der Waals surface area contributed by atoms with Gasteiger partial charge in [0.1, 0.15) is 17.5 Å². The van der Waals surface area contributed by atoms with E-state index < -0.39 is 22.9 Å². The summed E-state index contributed by atoms with van der Waals surface area (Å²) in [5.41, 5.74) is 4.39. The van der Waals surface area contributed by atoms with Crippen molar-refractivity contribution in [2.75, 3.05) is 6.54 Å². The average molecular weight is 203 g/mol. The first-order valence-electron chi connectivity index (χ1n) is 4.23. The normalized spacial score (nSPS) is 11.9. The summed E-state index contributed by atoms with van der Waals surface area (Å²) in [5, 5.41) is 0. The maximum atomic E-state index is 13.3. The van der Waals surface area contributed by atoms with Crippen molar-refractivity contribution in [1.82, 2.24) is 0 Å². The van der Waals surface area contributed by atoms with E-state index in [4.69, 9.17) is 5.73 Å². The van der Waals surface area contributed by atoms with Gasteiger partial charge >= 0.3 is 0 Å². The Labute approximate surface area is 80.7 Å². The largest absolute Gasteiger partial charge is 0.330 e. The number of benzene rings is 1. The number of hydrogen-bond acceptors (Lipinski definition) is 1. The molecule has 0 saturated carbocycles. The van der Waals surface area contributed by atoms with Gasteiger partial charge in [-0.3, -0.25) is 0 Å². The van der Waals surface area contributed by atoms with E-state index in [1.165, 1.54) is 0 Å². The molecule has 2 N–H and O–H groups in total. The highest BCUT2D eigenvalue weighted by atomic mass is 19.1. The minimum atomic E-state index is -0.920. The van der Waals surface area contributed by atoms with Gasteiger partial charge in [0, 0.05) is 29.7 Å². The molecule has 0 amide bonds. The van der Waals surface area contributed by atoms with E-state index in [0.717, 1.165) is 0 Å². The molecule has 0 saturated heterocycles. The Hall–Kier alpha value is -1.03. The summed E-state index contributed by atoms with van der Waals surface area (Å²) in [4.78, 5) is 0. The lowest BCUT2D eigenvalue weighted by atomic mass is 9.84. The predicted molar refractivity (Wildman–Crippen MR) is 48.4 cm³/mol. The molecule has 0 radical (unpaired) electrons. The second-order valence-electron chi connectivity index (χ2n) is 3.83. The fourth-order valence-corrected chi connectivity index (χ4v) is 1.29. The van der Waals surface area contributed by atoms with Crippen molar-refractivity contribution < 1.29 is 13.2 Å². The van der Waals surface area contributed by atoms with Crippen LogP contribution in [0.15, 0.2) is 12.1 Å². The third-order valence-corrected chi connectivity index (χ3v) is 2.19. The van der Waals surface area contributed by atoms with E-state index in [2.05, 4.69) is 0 Å². The molecule has 78 valence electrons. The maximum absolute atomic E-state index is 13.3. The van der Waals surface area contributed by atoms with Crippen LogP contribution in [0, 0.1) is 17.5 Å². The monoisotopic (exact) mass is 203 g/mol. The van der Waals surface area contributed by atoms with Crippen molar-refractivity contribution in [3.05, 3.63) is 35.1 Å². The number of halogens is 3. The molecule has 0 heterocycles. The third kappa shape index (κ3) is 1.90. The van der Waals surface area contributed by atoms with Crippen molar-refractivity contribution in [2.45, 2.75) is 19.3 Å². The van der Waals surface area contributed by atoms with Gasteiger partial charge in [0.05, 0.1) is 0 Å². The van der Waals surface area contributed by atoms with Gasteiger partial charge in [-0.1, -0.05) is 13.8 Å². The first-order valence-corrected chi connectivity index (χ1v) is 4.23. The van der Waals surface area contributed by atoms with Gasteiger partial charge < -0.3 is 5.73 Å². The van der Waals surface area contributed by atoms with Crippen molar-refractivity contribution in [1.29, 1.82) is 0 Å². The van der Waals surface area contributed by atoms with Crippen LogP contribution in [0.25, 0.3) is 0 Å². The van der Waals surface area contributed by atoms with E-state index in [9.17, 15) is 13.2 Å². The van der Waals surface area contributed by atoms with Crippen molar-refractivity contribution in [2.24, 2.45) is 5.73 Å². The summed E-state index contributed by atoms with van der Waals surface area (Å²) in [6.45, 7) is 3.30. The van der Waals surface area contributed by atoms with Gasteiger partial charge in [0.15, 0.2) is 0 Å². The topological polar surface area (TPSA) is 26.0 Å². The summed E-state index contributed by atoms with van der Waals surface area (Å²) in [6, 6.07) is 1.33. The molecule has 4 heteroatoms. The summed E-state index contributed by atoms with van der Waals surface area (Å²) < 4.78 is 39.1. The van der Waals surface area contributed by atoms with E-state index in [1.807, 2.05) is 0 Å². The molecule has 0 aliphatic carbocycles. The van der Waals surface area contributed by atoms with Crippen LogP contribution < -0.4 is 5.73 Å². The Morgan fingerprint density at radius 3 is 1.93 bits per heavy atom. The molecule has 0 unspecified atom stereocenters. The standard InChI is InChI=1S/C10H12F3N/c1-10(2,5-14)9-7(12)3-6(11)4-8(9)13/h3-4H,5,14H2,1-2H3. The van der Waals surface area contributed by atoms with Crippen LogP contribution in [0.3, 0.4) is 0 Å². The predicted octanol–water partition coefficient (Wildman–Crippen LogP) is 2.34. The van der Waals surface area contributed by atoms with Crippen LogP contribution >= 0.6 is 0 Å². The molecule has 0 aromatic heterocycles. The van der Waals surface area contributed by atoms with Gasteiger partial charge in [0.2, 0.25) is 0 Å². The molecule has 0 spiro atoms. The first-order chi connectivity index (χ1) is 6.38. The quantitative estimate of drug-likeness (QED) is 0.784. The number of rotatable bonds is 2. The molecule has 1 aromatic carbocycles. The summed E-state index contributed by atoms with van der Waals surface area (Å²) in [6.07, 6.45) is 0. The van der Waals surface area contributed by atoms with Gasteiger partial charge in [-0.15, -0.1) is 0 Å². The minimum absolute atomic E-state index is 0.0898. The molecule has 1 nitrogen and oxygen atoms in total. The molecule has 1 rings (SSSR count). The SMILES string of the molecule is CC(C)(CN)c1c(F)cc(F)cc1F. The van der Waals surface area contributed by atoms with Gasteiger partial charge in [0.25, 0.3) is 0 Å². The molecule has 0 aliphatic rings. The highest BCUT2D eigenvalue weighted by Gasteiger charge is 2.27. The lowest BCUT2D eigenvalue weighted by Gasteiger charge is -2.24. The van der Waals surface area contributed by atoms with E-state index in [-0.39, 0.29) is 12.1 Å². The van der Waals surface area contributed by atoms with E-state index in [0.29, 0.717) is 12.1 Å². The molecule has 1 aromatic rings. The first kappa shape index (κ1) is 11.0. The summed E-state index contributed by atoms with van der Waals surface area (Å²) >= 11 is 0. The van der Waals surface area contributed by atoms with Crippen LogP contribution in [-0.2, 0) is 5.41 Å². The lowest BCUT2D eigenvalue weighted by molar-refractivity contribution is 0.444. The Kier molecular flexibility index (Phi) is 2.85. The van der Waals surface area contributed by atoms with E-state index in [1.54, 1.807) is 13.8 Å². The van der Waals surface area contributed by atoms with E-state index >= 15 is 0 Å². The number of hydrogen-bond donors (Lipinski definition) is 1. The maximum Gasteiger partial charge on any atom is 0.132 e. The number of nitrogens with two attached hydrogens (primary N) is 1. The molecular formula is C10H12F3N. The zero-order chi connectivity index (χ0) is 10.9.